The second-order valence-electron chi connectivity index (χ2n) is 7.67. The molecule has 0 bridgehead atoms. The quantitative estimate of drug-likeness (QED) is 0.667. The molecule has 1 fully saturated rings. The van der Waals surface area contributed by atoms with Crippen molar-refractivity contribution in [3.8, 4) is 5.75 Å². The van der Waals surface area contributed by atoms with Crippen LogP contribution < -0.4 is 15.2 Å². The first kappa shape index (κ1) is 19.5. The fourth-order valence-corrected chi connectivity index (χ4v) is 3.90. The molecule has 0 amide bonds. The van der Waals surface area contributed by atoms with Crippen molar-refractivity contribution in [2.75, 3.05) is 44.2 Å². The van der Waals surface area contributed by atoms with Crippen LogP contribution in [-0.2, 0) is 6.42 Å². The highest BCUT2D eigenvalue weighted by Crippen LogP contribution is 2.19. The number of H-pyrrole nitrogens is 1. The van der Waals surface area contributed by atoms with Gasteiger partial charge in [0.15, 0.2) is 0 Å². The number of fused-ring (bicyclic) bond motifs is 1. The smallest absolute Gasteiger partial charge is 0.248 e. The summed E-state index contributed by atoms with van der Waals surface area (Å²) >= 11 is 0. The van der Waals surface area contributed by atoms with E-state index in [1.807, 2.05) is 24.3 Å². The molecule has 1 aromatic heterocycles. The Hall–Kier alpha value is -2.79. The zero-order valence-electron chi connectivity index (χ0n) is 17.1. The van der Waals surface area contributed by atoms with Gasteiger partial charge in [-0.2, -0.15) is 0 Å². The average molecular weight is 392 g/mol. The van der Waals surface area contributed by atoms with Crippen LogP contribution in [0, 0.1) is 0 Å². The molecule has 0 atom stereocenters. The number of piperazine rings is 1. The number of aromatic nitrogens is 1. The molecule has 0 radical (unpaired) electrons. The number of aromatic amines is 1. The van der Waals surface area contributed by atoms with Gasteiger partial charge in [0, 0.05) is 50.5 Å². The minimum absolute atomic E-state index is 0.0903. The number of rotatable bonds is 7. The topological polar surface area (TPSA) is 48.6 Å². The van der Waals surface area contributed by atoms with Crippen molar-refractivity contribution < 1.29 is 4.74 Å². The molecule has 1 N–H and O–H groups in total. The van der Waals surface area contributed by atoms with Gasteiger partial charge >= 0.3 is 0 Å². The van der Waals surface area contributed by atoms with Crippen molar-refractivity contribution in [3.05, 3.63) is 70.5 Å². The van der Waals surface area contributed by atoms with E-state index in [4.69, 9.17) is 4.74 Å². The Morgan fingerprint density at radius 1 is 0.966 bits per heavy atom. The maximum Gasteiger partial charge on any atom is 0.248 e. The largest absolute Gasteiger partial charge is 0.492 e. The summed E-state index contributed by atoms with van der Waals surface area (Å²) in [6.07, 6.45) is 2.35. The zero-order chi connectivity index (χ0) is 20.1. The van der Waals surface area contributed by atoms with Gasteiger partial charge in [0.25, 0.3) is 0 Å². The van der Waals surface area contributed by atoms with Crippen molar-refractivity contribution >= 4 is 16.6 Å². The summed E-state index contributed by atoms with van der Waals surface area (Å²) in [6, 6.07) is 18.2. The molecule has 1 saturated heterocycles. The van der Waals surface area contributed by atoms with Crippen LogP contribution in [0.15, 0.2) is 59.4 Å². The van der Waals surface area contributed by atoms with Gasteiger partial charge in [-0.05, 0) is 47.7 Å². The monoisotopic (exact) mass is 391 g/mol. The summed E-state index contributed by atoms with van der Waals surface area (Å²) in [5.74, 6) is 0.796. The van der Waals surface area contributed by atoms with Crippen LogP contribution in [0.1, 0.15) is 18.9 Å². The van der Waals surface area contributed by atoms with Crippen LogP contribution in [-0.4, -0.2) is 49.2 Å². The van der Waals surface area contributed by atoms with Gasteiger partial charge in [0.05, 0.1) is 5.52 Å². The zero-order valence-corrected chi connectivity index (χ0v) is 17.1. The van der Waals surface area contributed by atoms with Gasteiger partial charge in [0.2, 0.25) is 5.56 Å². The Balaban J connectivity index is 1.24. The number of anilines is 1. The third kappa shape index (κ3) is 4.98. The molecule has 0 aliphatic carbocycles. The predicted molar refractivity (Wildman–Crippen MR) is 119 cm³/mol. The fraction of sp³-hybridized carbons (Fsp3) is 0.375. The molecule has 2 aromatic carbocycles. The van der Waals surface area contributed by atoms with Crippen molar-refractivity contribution in [2.24, 2.45) is 0 Å². The highest BCUT2D eigenvalue weighted by atomic mass is 16.5. The first-order valence-corrected chi connectivity index (χ1v) is 10.5. The summed E-state index contributed by atoms with van der Waals surface area (Å²) in [5, 5.41) is 1.01. The Morgan fingerprint density at radius 3 is 2.48 bits per heavy atom. The number of aryl methyl sites for hydroxylation is 1. The first-order valence-electron chi connectivity index (χ1n) is 10.5. The average Bonchev–Trinajstić information content (AvgIpc) is 2.75. The van der Waals surface area contributed by atoms with Crippen LogP contribution in [0.5, 0.6) is 5.75 Å². The number of pyridine rings is 1. The van der Waals surface area contributed by atoms with E-state index >= 15 is 0 Å². The lowest BCUT2D eigenvalue weighted by atomic mass is 10.1. The number of ether oxygens (including phenoxy) is 1. The molecule has 0 spiro atoms. The molecule has 29 heavy (non-hydrogen) atoms. The van der Waals surface area contributed by atoms with Crippen LogP contribution >= 0.6 is 0 Å². The molecule has 1 aliphatic heterocycles. The van der Waals surface area contributed by atoms with Crippen LogP contribution in [0.25, 0.3) is 10.9 Å². The fourth-order valence-electron chi connectivity index (χ4n) is 3.90. The van der Waals surface area contributed by atoms with E-state index in [1.165, 1.54) is 17.7 Å². The van der Waals surface area contributed by atoms with E-state index < -0.39 is 0 Å². The normalized spacial score (nSPS) is 15.0. The van der Waals surface area contributed by atoms with E-state index in [-0.39, 0.29) is 5.56 Å². The number of nitrogens with zero attached hydrogens (tertiary/aromatic N) is 2. The summed E-state index contributed by atoms with van der Waals surface area (Å²) in [5.41, 5.74) is 3.47. The van der Waals surface area contributed by atoms with Crippen LogP contribution in [0.4, 0.5) is 5.69 Å². The predicted octanol–water partition coefficient (Wildman–Crippen LogP) is 3.68. The van der Waals surface area contributed by atoms with Gasteiger partial charge < -0.3 is 14.6 Å². The summed E-state index contributed by atoms with van der Waals surface area (Å²) in [6.45, 7) is 7.96. The first-order chi connectivity index (χ1) is 14.2. The van der Waals surface area contributed by atoms with Crippen molar-refractivity contribution in [1.82, 2.24) is 9.88 Å². The van der Waals surface area contributed by atoms with Gasteiger partial charge in [0.1, 0.15) is 12.4 Å². The molecule has 5 nitrogen and oxygen atoms in total. The molecule has 1 aliphatic rings. The van der Waals surface area contributed by atoms with Gasteiger partial charge in [-0.1, -0.05) is 25.5 Å². The van der Waals surface area contributed by atoms with E-state index in [0.717, 1.165) is 55.8 Å². The Morgan fingerprint density at radius 2 is 1.72 bits per heavy atom. The lowest BCUT2D eigenvalue weighted by Gasteiger charge is -2.36. The Labute approximate surface area is 171 Å². The maximum absolute atomic E-state index is 11.5. The Bertz CT molecular complexity index is 989. The van der Waals surface area contributed by atoms with Gasteiger partial charge in [-0.3, -0.25) is 9.69 Å². The Kier molecular flexibility index (Phi) is 6.15. The third-order valence-corrected chi connectivity index (χ3v) is 5.59. The number of nitrogens with one attached hydrogen (secondary N) is 1. The van der Waals surface area contributed by atoms with E-state index in [0.29, 0.717) is 6.61 Å². The second kappa shape index (κ2) is 9.14. The van der Waals surface area contributed by atoms with Gasteiger partial charge in [-0.15, -0.1) is 0 Å². The summed E-state index contributed by atoms with van der Waals surface area (Å²) in [4.78, 5) is 19.2. The molecular formula is C24H29N3O2. The number of hydrogen-bond donors (Lipinski definition) is 1. The van der Waals surface area contributed by atoms with E-state index in [1.54, 1.807) is 6.07 Å². The summed E-state index contributed by atoms with van der Waals surface area (Å²) in [7, 11) is 0. The standard InChI is InChI=1S/C24H29N3O2/c1-2-3-19-4-8-21(9-5-19)27-14-12-26(13-15-27)16-17-29-22-10-6-20-7-11-24(28)25-23(20)18-22/h4-11,18H,2-3,12-17H2,1H3,(H,25,28). The molecule has 2 heterocycles. The highest BCUT2D eigenvalue weighted by Gasteiger charge is 2.17. The third-order valence-electron chi connectivity index (χ3n) is 5.59. The number of benzene rings is 2. The molecule has 3 aromatic rings. The minimum Gasteiger partial charge on any atom is -0.492 e. The maximum atomic E-state index is 11.5. The molecule has 0 unspecified atom stereocenters. The van der Waals surface area contributed by atoms with Crippen LogP contribution in [0.2, 0.25) is 0 Å². The molecule has 5 heteroatoms. The van der Waals surface area contributed by atoms with Crippen molar-refractivity contribution in [3.63, 3.8) is 0 Å². The molecule has 152 valence electrons. The second-order valence-corrected chi connectivity index (χ2v) is 7.67. The molecule has 0 saturated carbocycles. The summed E-state index contributed by atoms with van der Waals surface area (Å²) < 4.78 is 5.93. The van der Waals surface area contributed by atoms with E-state index in [2.05, 4.69) is 46.0 Å². The molecule has 4 rings (SSSR count). The number of hydrogen-bond acceptors (Lipinski definition) is 4. The van der Waals surface area contributed by atoms with Gasteiger partial charge in [-0.25, -0.2) is 0 Å². The van der Waals surface area contributed by atoms with Crippen molar-refractivity contribution in [2.45, 2.75) is 19.8 Å². The lowest BCUT2D eigenvalue weighted by molar-refractivity contribution is 0.200. The molecular weight excluding hydrogens is 362 g/mol. The van der Waals surface area contributed by atoms with E-state index in [9.17, 15) is 4.79 Å². The lowest BCUT2D eigenvalue weighted by Crippen LogP contribution is -2.47. The highest BCUT2D eigenvalue weighted by molar-refractivity contribution is 5.79. The SMILES string of the molecule is CCCc1ccc(N2CCN(CCOc3ccc4ccc(=O)[nH]c4c3)CC2)cc1. The van der Waals surface area contributed by atoms with Crippen molar-refractivity contribution in [1.29, 1.82) is 0 Å². The van der Waals surface area contributed by atoms with Crippen LogP contribution in [0.3, 0.4) is 0 Å². The minimum atomic E-state index is -0.0903.